The first-order chi connectivity index (χ1) is 13.5. The maximum Gasteiger partial charge on any atom is 0.270 e. The molecule has 2 aromatic rings. The van der Waals surface area contributed by atoms with Gasteiger partial charge in [0, 0.05) is 11.6 Å². The smallest absolute Gasteiger partial charge is 0.270 e. The second kappa shape index (κ2) is 8.67. The molecule has 1 aliphatic heterocycles. The van der Waals surface area contributed by atoms with Crippen molar-refractivity contribution in [3.8, 4) is 17.2 Å². The molecule has 146 valence electrons. The molecule has 0 atom stereocenters. The summed E-state index contributed by atoms with van der Waals surface area (Å²) < 4.78 is 16.6. The van der Waals surface area contributed by atoms with Crippen molar-refractivity contribution in [3.63, 3.8) is 0 Å². The molecular formula is C21H21NO4S2. The van der Waals surface area contributed by atoms with Crippen LogP contribution in [0.2, 0.25) is 0 Å². The van der Waals surface area contributed by atoms with Gasteiger partial charge in [-0.3, -0.25) is 9.69 Å². The molecule has 2 aromatic carbocycles. The van der Waals surface area contributed by atoms with Gasteiger partial charge in [-0.15, -0.1) is 0 Å². The number of anilines is 1. The highest BCUT2D eigenvalue weighted by Crippen LogP contribution is 2.40. The third-order valence-corrected chi connectivity index (χ3v) is 5.72. The predicted molar refractivity (Wildman–Crippen MR) is 118 cm³/mol. The maximum absolute atomic E-state index is 13.0. The zero-order valence-electron chi connectivity index (χ0n) is 16.1. The lowest BCUT2D eigenvalue weighted by Crippen LogP contribution is -2.27. The van der Waals surface area contributed by atoms with Crippen LogP contribution in [0.5, 0.6) is 17.2 Å². The molecule has 28 heavy (non-hydrogen) atoms. The number of hydrogen-bond acceptors (Lipinski definition) is 6. The fraction of sp³-hybridized carbons (Fsp3) is 0.238. The van der Waals surface area contributed by atoms with E-state index >= 15 is 0 Å². The number of methoxy groups -OCH3 is 3. The molecule has 1 fully saturated rings. The number of benzene rings is 2. The second-order valence-corrected chi connectivity index (χ2v) is 7.66. The Morgan fingerprint density at radius 2 is 1.61 bits per heavy atom. The zero-order valence-corrected chi connectivity index (χ0v) is 17.8. The summed E-state index contributed by atoms with van der Waals surface area (Å²) in [6.07, 6.45) is 2.71. The highest BCUT2D eigenvalue weighted by atomic mass is 32.2. The van der Waals surface area contributed by atoms with E-state index in [2.05, 4.69) is 6.92 Å². The van der Waals surface area contributed by atoms with Crippen molar-refractivity contribution < 1.29 is 19.0 Å². The van der Waals surface area contributed by atoms with Crippen LogP contribution in [0.4, 0.5) is 5.69 Å². The fourth-order valence-corrected chi connectivity index (χ4v) is 4.17. The van der Waals surface area contributed by atoms with Gasteiger partial charge in [-0.1, -0.05) is 43.0 Å². The van der Waals surface area contributed by atoms with Gasteiger partial charge in [-0.05, 0) is 36.3 Å². The third kappa shape index (κ3) is 3.86. The zero-order chi connectivity index (χ0) is 20.3. The van der Waals surface area contributed by atoms with E-state index in [4.69, 9.17) is 26.4 Å². The lowest BCUT2D eigenvalue weighted by atomic mass is 10.1. The topological polar surface area (TPSA) is 48.0 Å². The molecule has 0 saturated carbocycles. The summed E-state index contributed by atoms with van der Waals surface area (Å²) in [5, 5.41) is 0. The summed E-state index contributed by atoms with van der Waals surface area (Å²) in [6, 6.07) is 11.4. The van der Waals surface area contributed by atoms with E-state index in [1.807, 2.05) is 24.3 Å². The van der Waals surface area contributed by atoms with Gasteiger partial charge in [0.05, 0.1) is 31.9 Å². The molecule has 3 rings (SSSR count). The van der Waals surface area contributed by atoms with E-state index in [1.165, 1.54) is 17.3 Å². The standard InChI is InChI=1S/C21H21NO4S2/c1-5-13-6-8-15(9-7-13)22-20(23)19(28-21(22)27)11-14-10-17(25-3)18(26-4)12-16(14)24-2/h6-12H,5H2,1-4H3/b19-11-. The SMILES string of the molecule is CCc1ccc(N2C(=O)/C(=C/c3cc(OC)c(OC)cc3OC)SC2=S)cc1. The molecule has 1 aliphatic rings. The first-order valence-corrected chi connectivity index (χ1v) is 9.91. The highest BCUT2D eigenvalue weighted by molar-refractivity contribution is 8.27. The second-order valence-electron chi connectivity index (χ2n) is 5.99. The number of amides is 1. The molecule has 0 bridgehead atoms. The van der Waals surface area contributed by atoms with Gasteiger partial charge in [0.25, 0.3) is 5.91 Å². The summed E-state index contributed by atoms with van der Waals surface area (Å²) in [4.78, 5) is 15.1. The number of carbonyl (C=O) groups is 1. The van der Waals surface area contributed by atoms with E-state index in [9.17, 15) is 4.79 Å². The van der Waals surface area contributed by atoms with Gasteiger partial charge in [0.2, 0.25) is 0 Å². The molecule has 0 aromatic heterocycles. The number of carbonyl (C=O) groups excluding carboxylic acids is 1. The van der Waals surface area contributed by atoms with E-state index in [0.29, 0.717) is 32.0 Å². The van der Waals surface area contributed by atoms with E-state index in [-0.39, 0.29) is 5.91 Å². The Bertz CT molecular complexity index is 938. The van der Waals surface area contributed by atoms with Crippen LogP contribution < -0.4 is 19.1 Å². The molecule has 0 spiro atoms. The quantitative estimate of drug-likeness (QED) is 0.504. The molecule has 5 nitrogen and oxygen atoms in total. The Morgan fingerprint density at radius 3 is 2.18 bits per heavy atom. The molecule has 1 amide bonds. The number of rotatable bonds is 6. The minimum atomic E-state index is -0.156. The van der Waals surface area contributed by atoms with Gasteiger partial charge in [-0.2, -0.15) is 0 Å². The molecule has 7 heteroatoms. The van der Waals surface area contributed by atoms with Gasteiger partial charge in [0.1, 0.15) is 5.75 Å². The van der Waals surface area contributed by atoms with E-state index in [0.717, 1.165) is 12.1 Å². The van der Waals surface area contributed by atoms with Crippen molar-refractivity contribution in [2.24, 2.45) is 0 Å². The van der Waals surface area contributed by atoms with Crippen LogP contribution in [0, 0.1) is 0 Å². The van der Waals surface area contributed by atoms with Gasteiger partial charge >= 0.3 is 0 Å². The highest BCUT2D eigenvalue weighted by Gasteiger charge is 2.33. The number of hydrogen-bond donors (Lipinski definition) is 0. The molecule has 1 saturated heterocycles. The van der Waals surface area contributed by atoms with Crippen molar-refractivity contribution >= 4 is 46.0 Å². The first-order valence-electron chi connectivity index (χ1n) is 8.69. The van der Waals surface area contributed by atoms with Crippen molar-refractivity contribution in [2.45, 2.75) is 13.3 Å². The maximum atomic E-state index is 13.0. The summed E-state index contributed by atoms with van der Waals surface area (Å²) in [6.45, 7) is 2.09. The third-order valence-electron chi connectivity index (χ3n) is 4.42. The molecule has 0 radical (unpaired) electrons. The van der Waals surface area contributed by atoms with Crippen LogP contribution in [0.1, 0.15) is 18.1 Å². The summed E-state index contributed by atoms with van der Waals surface area (Å²) in [5.74, 6) is 1.53. The summed E-state index contributed by atoms with van der Waals surface area (Å²) in [5.41, 5.74) is 2.68. The Kier molecular flexibility index (Phi) is 6.26. The van der Waals surface area contributed by atoms with Crippen molar-refractivity contribution in [1.82, 2.24) is 0 Å². The molecule has 0 unspecified atom stereocenters. The lowest BCUT2D eigenvalue weighted by Gasteiger charge is -2.15. The number of aryl methyl sites for hydroxylation is 1. The molecule has 1 heterocycles. The minimum absolute atomic E-state index is 0.156. The lowest BCUT2D eigenvalue weighted by molar-refractivity contribution is -0.113. The first kappa shape index (κ1) is 20.2. The Balaban J connectivity index is 1.97. The Hall–Kier alpha value is -2.51. The van der Waals surface area contributed by atoms with Crippen LogP contribution in [0.3, 0.4) is 0 Å². The average molecular weight is 416 g/mol. The minimum Gasteiger partial charge on any atom is -0.496 e. The van der Waals surface area contributed by atoms with Crippen LogP contribution in [-0.4, -0.2) is 31.6 Å². The van der Waals surface area contributed by atoms with Gasteiger partial charge in [0.15, 0.2) is 15.8 Å². The van der Waals surface area contributed by atoms with Crippen molar-refractivity contribution in [2.75, 3.05) is 26.2 Å². The molecule has 0 N–H and O–H groups in total. The van der Waals surface area contributed by atoms with Crippen molar-refractivity contribution in [3.05, 3.63) is 52.4 Å². The monoisotopic (exact) mass is 415 g/mol. The van der Waals surface area contributed by atoms with Crippen LogP contribution >= 0.6 is 24.0 Å². The number of thioether (sulfide) groups is 1. The Morgan fingerprint density at radius 1 is 1.00 bits per heavy atom. The van der Waals surface area contributed by atoms with E-state index < -0.39 is 0 Å². The predicted octanol–water partition coefficient (Wildman–Crippen LogP) is 4.68. The normalized spacial score (nSPS) is 15.3. The number of ether oxygens (including phenoxy) is 3. The average Bonchev–Trinajstić information content (AvgIpc) is 3.00. The van der Waals surface area contributed by atoms with Crippen LogP contribution in [0.15, 0.2) is 41.3 Å². The van der Waals surface area contributed by atoms with Gasteiger partial charge in [-0.25, -0.2) is 0 Å². The van der Waals surface area contributed by atoms with Crippen molar-refractivity contribution in [1.29, 1.82) is 0 Å². The summed E-state index contributed by atoms with van der Waals surface area (Å²) >= 11 is 6.72. The number of nitrogens with zero attached hydrogens (tertiary/aromatic N) is 1. The van der Waals surface area contributed by atoms with Crippen LogP contribution in [0.25, 0.3) is 6.08 Å². The Labute approximate surface area is 174 Å². The van der Waals surface area contributed by atoms with Gasteiger partial charge < -0.3 is 14.2 Å². The molecular weight excluding hydrogens is 394 g/mol. The van der Waals surface area contributed by atoms with E-state index in [1.54, 1.807) is 44.4 Å². The fourth-order valence-electron chi connectivity index (χ4n) is 2.88. The van der Waals surface area contributed by atoms with Crippen LogP contribution in [-0.2, 0) is 11.2 Å². The molecule has 0 aliphatic carbocycles. The largest absolute Gasteiger partial charge is 0.496 e. The summed E-state index contributed by atoms with van der Waals surface area (Å²) in [7, 11) is 4.69. The number of thiocarbonyl (C=S) groups is 1.